The van der Waals surface area contributed by atoms with Crippen molar-refractivity contribution in [2.24, 2.45) is 0 Å². The number of ether oxygens (including phenoxy) is 1. The van der Waals surface area contributed by atoms with Gasteiger partial charge in [0.05, 0.1) is 5.92 Å². The van der Waals surface area contributed by atoms with Gasteiger partial charge in [0.2, 0.25) is 0 Å². The minimum atomic E-state index is -0.833. The lowest BCUT2D eigenvalue weighted by atomic mass is 10.0. The summed E-state index contributed by atoms with van der Waals surface area (Å²) >= 11 is 0. The Morgan fingerprint density at radius 3 is 2.38 bits per heavy atom. The maximum absolute atomic E-state index is 12.1. The molecule has 0 bridgehead atoms. The van der Waals surface area contributed by atoms with Crippen LogP contribution in [0.4, 0.5) is 5.69 Å². The van der Waals surface area contributed by atoms with Gasteiger partial charge in [0, 0.05) is 11.2 Å². The monoisotopic (exact) mass is 292 g/mol. The molecule has 0 spiro atoms. The molecule has 3 N–H and O–H groups in total. The van der Waals surface area contributed by atoms with Gasteiger partial charge in [-0.05, 0) is 52.3 Å². The topological polar surface area (TPSA) is 81.4 Å². The minimum Gasteiger partial charge on any atom is -0.452 e. The van der Waals surface area contributed by atoms with E-state index in [1.54, 1.807) is 32.0 Å². The number of esters is 1. The highest BCUT2D eigenvalue weighted by Gasteiger charge is 2.25. The van der Waals surface area contributed by atoms with Gasteiger partial charge in [-0.15, -0.1) is 0 Å². The van der Waals surface area contributed by atoms with Crippen molar-refractivity contribution in [3.05, 3.63) is 29.8 Å². The number of rotatable bonds is 4. The first kappa shape index (κ1) is 17.0. The van der Waals surface area contributed by atoms with E-state index in [4.69, 9.17) is 10.5 Å². The van der Waals surface area contributed by atoms with Crippen molar-refractivity contribution in [2.45, 2.75) is 52.2 Å². The van der Waals surface area contributed by atoms with Crippen LogP contribution in [-0.2, 0) is 14.3 Å². The third kappa shape index (κ3) is 5.45. The highest BCUT2D eigenvalue weighted by Crippen LogP contribution is 2.19. The zero-order valence-electron chi connectivity index (χ0n) is 13.3. The number of nitrogen functional groups attached to an aromatic ring is 1. The molecule has 1 rings (SSSR count). The van der Waals surface area contributed by atoms with E-state index in [1.807, 2.05) is 26.8 Å². The zero-order valence-corrected chi connectivity index (χ0v) is 13.3. The van der Waals surface area contributed by atoms with E-state index >= 15 is 0 Å². The highest BCUT2D eigenvalue weighted by atomic mass is 16.5. The van der Waals surface area contributed by atoms with Crippen molar-refractivity contribution >= 4 is 17.6 Å². The van der Waals surface area contributed by atoms with E-state index < -0.39 is 18.0 Å². The second kappa shape index (κ2) is 6.61. The summed E-state index contributed by atoms with van der Waals surface area (Å²) in [5.74, 6) is -1.23. The Morgan fingerprint density at radius 2 is 1.86 bits per heavy atom. The highest BCUT2D eigenvalue weighted by molar-refractivity contribution is 5.85. The summed E-state index contributed by atoms with van der Waals surface area (Å²) in [6.45, 7) is 8.90. The maximum Gasteiger partial charge on any atom is 0.313 e. The minimum absolute atomic E-state index is 0.310. The lowest BCUT2D eigenvalue weighted by Crippen LogP contribution is -2.46. The Hall–Kier alpha value is -2.04. The summed E-state index contributed by atoms with van der Waals surface area (Å²) < 4.78 is 5.22. The Bertz CT molecular complexity index is 520. The molecule has 5 nitrogen and oxygen atoms in total. The largest absolute Gasteiger partial charge is 0.452 e. The molecule has 116 valence electrons. The van der Waals surface area contributed by atoms with Crippen LogP contribution in [0, 0.1) is 0 Å². The average Bonchev–Trinajstić information content (AvgIpc) is 2.35. The number of hydrogen-bond donors (Lipinski definition) is 2. The van der Waals surface area contributed by atoms with Gasteiger partial charge < -0.3 is 15.8 Å². The molecular weight excluding hydrogens is 268 g/mol. The molecule has 0 heterocycles. The van der Waals surface area contributed by atoms with Crippen LogP contribution >= 0.6 is 0 Å². The molecule has 5 heteroatoms. The molecule has 1 amide bonds. The number of carbonyl (C=O) groups excluding carboxylic acids is 2. The van der Waals surface area contributed by atoms with E-state index in [1.165, 1.54) is 0 Å². The van der Waals surface area contributed by atoms with Crippen LogP contribution in [0.3, 0.4) is 0 Å². The lowest BCUT2D eigenvalue weighted by Gasteiger charge is -2.24. The first-order valence-electron chi connectivity index (χ1n) is 6.98. The molecule has 2 atom stereocenters. The summed E-state index contributed by atoms with van der Waals surface area (Å²) in [6, 6.07) is 7.07. The van der Waals surface area contributed by atoms with Crippen molar-refractivity contribution in [3.63, 3.8) is 0 Å². The Balaban J connectivity index is 2.66. The number of nitrogens with two attached hydrogens (primary N) is 1. The van der Waals surface area contributed by atoms with Crippen LogP contribution in [0.15, 0.2) is 24.3 Å². The van der Waals surface area contributed by atoms with Crippen molar-refractivity contribution in [2.75, 3.05) is 5.73 Å². The quantitative estimate of drug-likeness (QED) is 0.658. The van der Waals surface area contributed by atoms with E-state index in [-0.39, 0.29) is 11.4 Å². The third-order valence-electron chi connectivity index (χ3n) is 2.92. The van der Waals surface area contributed by atoms with E-state index in [9.17, 15) is 9.59 Å². The number of nitrogens with one attached hydrogen (secondary N) is 1. The molecule has 0 saturated heterocycles. The lowest BCUT2D eigenvalue weighted by molar-refractivity contribution is -0.156. The van der Waals surface area contributed by atoms with Crippen LogP contribution in [0.2, 0.25) is 0 Å². The fraction of sp³-hybridized carbons (Fsp3) is 0.500. The molecule has 1 aromatic carbocycles. The Kier molecular flexibility index (Phi) is 5.35. The van der Waals surface area contributed by atoms with Crippen LogP contribution in [-0.4, -0.2) is 23.5 Å². The number of anilines is 1. The molecule has 0 aliphatic heterocycles. The third-order valence-corrected chi connectivity index (χ3v) is 2.92. The molecule has 0 saturated carbocycles. The molecule has 0 radical (unpaired) electrons. The fourth-order valence-corrected chi connectivity index (χ4v) is 1.77. The molecule has 0 aromatic heterocycles. The van der Waals surface area contributed by atoms with Crippen molar-refractivity contribution in [1.29, 1.82) is 0 Å². The zero-order chi connectivity index (χ0) is 16.2. The fourth-order valence-electron chi connectivity index (χ4n) is 1.77. The molecule has 0 fully saturated rings. The van der Waals surface area contributed by atoms with E-state index in [2.05, 4.69) is 5.32 Å². The van der Waals surface area contributed by atoms with Crippen LogP contribution < -0.4 is 11.1 Å². The summed E-state index contributed by atoms with van der Waals surface area (Å²) in [5.41, 5.74) is 6.69. The number of benzene rings is 1. The summed E-state index contributed by atoms with van der Waals surface area (Å²) in [4.78, 5) is 24.0. The van der Waals surface area contributed by atoms with Gasteiger partial charge in [-0.2, -0.15) is 0 Å². The molecule has 0 aliphatic carbocycles. The summed E-state index contributed by atoms with van der Waals surface area (Å²) in [5, 5.41) is 2.78. The number of amides is 1. The van der Waals surface area contributed by atoms with Crippen molar-refractivity contribution < 1.29 is 14.3 Å². The summed E-state index contributed by atoms with van der Waals surface area (Å²) in [6.07, 6.45) is -0.833. The van der Waals surface area contributed by atoms with Gasteiger partial charge in [0.25, 0.3) is 5.91 Å². The molecule has 21 heavy (non-hydrogen) atoms. The predicted octanol–water partition coefficient (Wildman–Crippen LogP) is 2.22. The smallest absolute Gasteiger partial charge is 0.313 e. The van der Waals surface area contributed by atoms with Gasteiger partial charge >= 0.3 is 5.97 Å². The number of hydrogen-bond acceptors (Lipinski definition) is 4. The summed E-state index contributed by atoms with van der Waals surface area (Å²) in [7, 11) is 0. The van der Waals surface area contributed by atoms with Gasteiger partial charge in [-0.25, -0.2) is 0 Å². The van der Waals surface area contributed by atoms with Crippen LogP contribution in [0.25, 0.3) is 0 Å². The molecule has 2 unspecified atom stereocenters. The maximum atomic E-state index is 12.1. The van der Waals surface area contributed by atoms with Crippen molar-refractivity contribution in [3.8, 4) is 0 Å². The first-order chi connectivity index (χ1) is 9.60. The van der Waals surface area contributed by atoms with Gasteiger partial charge in [-0.3, -0.25) is 9.59 Å². The standard InChI is InChI=1S/C16H24N2O3/c1-10(12-7-6-8-13(17)9-12)15(20)21-11(2)14(19)18-16(3,4)5/h6-11H,17H2,1-5H3,(H,18,19). The average molecular weight is 292 g/mol. The Morgan fingerprint density at radius 1 is 1.24 bits per heavy atom. The second-order valence-electron chi connectivity index (χ2n) is 6.21. The molecule has 1 aromatic rings. The van der Waals surface area contributed by atoms with E-state index in [0.717, 1.165) is 5.56 Å². The SMILES string of the molecule is CC(OC(=O)C(C)c1cccc(N)c1)C(=O)NC(C)(C)C. The second-order valence-corrected chi connectivity index (χ2v) is 6.21. The van der Waals surface area contributed by atoms with E-state index in [0.29, 0.717) is 5.69 Å². The van der Waals surface area contributed by atoms with Gasteiger partial charge in [-0.1, -0.05) is 12.1 Å². The van der Waals surface area contributed by atoms with Gasteiger partial charge in [0.15, 0.2) is 6.10 Å². The normalized spacial score (nSPS) is 14.1. The molecule has 0 aliphatic rings. The first-order valence-corrected chi connectivity index (χ1v) is 6.98. The van der Waals surface area contributed by atoms with Gasteiger partial charge in [0.1, 0.15) is 0 Å². The van der Waals surface area contributed by atoms with Crippen LogP contribution in [0.5, 0.6) is 0 Å². The van der Waals surface area contributed by atoms with Crippen LogP contribution in [0.1, 0.15) is 46.1 Å². The molecular formula is C16H24N2O3. The number of carbonyl (C=O) groups is 2. The predicted molar refractivity (Wildman–Crippen MR) is 82.7 cm³/mol. The van der Waals surface area contributed by atoms with Crippen molar-refractivity contribution in [1.82, 2.24) is 5.32 Å². The Labute approximate surface area is 125 Å².